The van der Waals surface area contributed by atoms with Gasteiger partial charge in [-0.05, 0) is 85.9 Å². The fourth-order valence-electron chi connectivity index (χ4n) is 6.86. The molecule has 4 aliphatic carbocycles. The third-order valence-electron chi connectivity index (χ3n) is 8.20. The summed E-state index contributed by atoms with van der Waals surface area (Å²) in [4.78, 5) is 0. The Morgan fingerprint density at radius 1 is 0.950 bits per heavy atom. The molecule has 0 bridgehead atoms. The molecule has 0 aliphatic heterocycles. The first-order valence-electron chi connectivity index (χ1n) is 8.99. The first kappa shape index (κ1) is 13.4. The minimum atomic E-state index is 0.461. The molecule has 0 aromatic rings. The van der Waals surface area contributed by atoms with Crippen LogP contribution in [0, 0.1) is 34.5 Å². The van der Waals surface area contributed by atoms with E-state index in [2.05, 4.69) is 26.0 Å². The molecule has 4 rings (SSSR count). The van der Waals surface area contributed by atoms with E-state index in [9.17, 15) is 0 Å². The molecule has 0 radical (unpaired) electrons. The summed E-state index contributed by atoms with van der Waals surface area (Å²) in [7, 11) is 0. The van der Waals surface area contributed by atoms with Crippen molar-refractivity contribution < 1.29 is 0 Å². The van der Waals surface area contributed by atoms with Crippen LogP contribution in [0.5, 0.6) is 0 Å². The van der Waals surface area contributed by atoms with Crippen LogP contribution in [0.25, 0.3) is 0 Å². The van der Waals surface area contributed by atoms with Crippen LogP contribution in [0.3, 0.4) is 0 Å². The molecule has 1 nitrogen and oxygen atoms in total. The Morgan fingerprint density at radius 2 is 1.80 bits per heavy atom. The monoisotopic (exact) mass is 273 g/mol. The van der Waals surface area contributed by atoms with Gasteiger partial charge >= 0.3 is 0 Å². The molecular weight excluding hydrogens is 242 g/mol. The summed E-state index contributed by atoms with van der Waals surface area (Å²) in [6, 6.07) is 0.473. The van der Waals surface area contributed by atoms with Crippen molar-refractivity contribution in [3.8, 4) is 0 Å². The van der Waals surface area contributed by atoms with Crippen LogP contribution in [0.1, 0.15) is 65.2 Å². The maximum absolute atomic E-state index is 6.50. The predicted molar refractivity (Wildman–Crippen MR) is 84.2 cm³/mol. The molecule has 3 fully saturated rings. The van der Waals surface area contributed by atoms with Crippen LogP contribution >= 0.6 is 0 Å². The van der Waals surface area contributed by atoms with Gasteiger partial charge < -0.3 is 5.73 Å². The minimum Gasteiger partial charge on any atom is -0.327 e. The molecule has 7 atom stereocenters. The Bertz CT molecular complexity index is 427. The van der Waals surface area contributed by atoms with Crippen LogP contribution < -0.4 is 5.73 Å². The van der Waals surface area contributed by atoms with Crippen molar-refractivity contribution in [1.29, 1.82) is 0 Å². The molecular formula is C19H31N. The quantitative estimate of drug-likeness (QED) is 0.645. The summed E-state index contributed by atoms with van der Waals surface area (Å²) in [5.74, 6) is 3.80. The van der Waals surface area contributed by atoms with Gasteiger partial charge in [0.1, 0.15) is 0 Å². The Balaban J connectivity index is 1.68. The van der Waals surface area contributed by atoms with Gasteiger partial charge in [0.25, 0.3) is 0 Å². The van der Waals surface area contributed by atoms with Gasteiger partial charge in [-0.2, -0.15) is 0 Å². The molecule has 0 heterocycles. The number of nitrogens with two attached hydrogens (primary N) is 1. The zero-order valence-electron chi connectivity index (χ0n) is 13.3. The highest BCUT2D eigenvalue weighted by molar-refractivity contribution is 5.15. The normalized spacial score (nSPS) is 57.9. The number of hydrogen-bond acceptors (Lipinski definition) is 1. The molecule has 2 unspecified atom stereocenters. The number of hydrogen-bond donors (Lipinski definition) is 1. The summed E-state index contributed by atoms with van der Waals surface area (Å²) in [6.07, 6.45) is 16.3. The fraction of sp³-hybridized carbons (Fsp3) is 0.895. The molecule has 3 saturated carbocycles. The summed E-state index contributed by atoms with van der Waals surface area (Å²) >= 11 is 0. The van der Waals surface area contributed by atoms with Gasteiger partial charge in [0.2, 0.25) is 0 Å². The summed E-state index contributed by atoms with van der Waals surface area (Å²) in [5, 5.41) is 0. The standard InChI is InChI=1S/C19H31N/c1-18-11-4-3-5-13(18)6-7-14-15-8-9-17(20)19(15,2)12-10-16(14)18/h4,11,13-17H,3,5-10,12,20H2,1-2H3/t13?,14-,15-,16+,17?,18-,19-/m0/s1. The van der Waals surface area contributed by atoms with E-state index in [0.717, 1.165) is 23.7 Å². The highest BCUT2D eigenvalue weighted by Crippen LogP contribution is 2.64. The van der Waals surface area contributed by atoms with Gasteiger partial charge in [0, 0.05) is 6.04 Å². The van der Waals surface area contributed by atoms with Crippen molar-refractivity contribution >= 4 is 0 Å². The van der Waals surface area contributed by atoms with Gasteiger partial charge in [-0.3, -0.25) is 0 Å². The first-order chi connectivity index (χ1) is 9.56. The van der Waals surface area contributed by atoms with Crippen LogP contribution in [0.15, 0.2) is 12.2 Å². The lowest BCUT2D eigenvalue weighted by atomic mass is 9.46. The van der Waals surface area contributed by atoms with Gasteiger partial charge in [-0.25, -0.2) is 0 Å². The molecule has 0 saturated heterocycles. The van der Waals surface area contributed by atoms with Gasteiger partial charge in [0.15, 0.2) is 0 Å². The van der Waals surface area contributed by atoms with E-state index in [1.807, 2.05) is 0 Å². The Labute approximate surface area is 124 Å². The van der Waals surface area contributed by atoms with Crippen molar-refractivity contribution in [2.75, 3.05) is 0 Å². The zero-order chi connectivity index (χ0) is 14.0. The average molecular weight is 273 g/mol. The Morgan fingerprint density at radius 3 is 2.65 bits per heavy atom. The topological polar surface area (TPSA) is 26.0 Å². The second-order valence-electron chi connectivity index (χ2n) is 8.73. The third kappa shape index (κ3) is 1.59. The van der Waals surface area contributed by atoms with Crippen molar-refractivity contribution in [3.05, 3.63) is 12.2 Å². The Hall–Kier alpha value is -0.300. The van der Waals surface area contributed by atoms with E-state index in [0.29, 0.717) is 16.9 Å². The van der Waals surface area contributed by atoms with Crippen molar-refractivity contribution in [2.24, 2.45) is 40.2 Å². The van der Waals surface area contributed by atoms with Crippen LogP contribution in [-0.2, 0) is 0 Å². The highest BCUT2D eigenvalue weighted by atomic mass is 14.8. The molecule has 0 aromatic heterocycles. The van der Waals surface area contributed by atoms with E-state index in [-0.39, 0.29) is 0 Å². The second-order valence-corrected chi connectivity index (χ2v) is 8.73. The summed E-state index contributed by atoms with van der Waals surface area (Å²) < 4.78 is 0. The SMILES string of the molecule is C[C@]12C=CCCC1CC[C@@H]1[C@H]2CC[C@]2(C)C(N)CC[C@@H]12. The van der Waals surface area contributed by atoms with Gasteiger partial charge in [0.05, 0.1) is 0 Å². The van der Waals surface area contributed by atoms with E-state index < -0.39 is 0 Å². The first-order valence-corrected chi connectivity index (χ1v) is 8.99. The fourth-order valence-corrected chi connectivity index (χ4v) is 6.86. The molecule has 0 aromatic carbocycles. The number of fused-ring (bicyclic) bond motifs is 5. The lowest BCUT2D eigenvalue weighted by Crippen LogP contribution is -2.53. The molecule has 112 valence electrons. The molecule has 2 N–H and O–H groups in total. The maximum atomic E-state index is 6.50. The van der Waals surface area contributed by atoms with Crippen LogP contribution in [0.2, 0.25) is 0 Å². The van der Waals surface area contributed by atoms with Crippen LogP contribution in [-0.4, -0.2) is 6.04 Å². The number of allylic oxidation sites excluding steroid dienone is 2. The van der Waals surface area contributed by atoms with Gasteiger partial charge in [-0.1, -0.05) is 26.0 Å². The molecule has 0 spiro atoms. The van der Waals surface area contributed by atoms with E-state index in [1.54, 1.807) is 0 Å². The van der Waals surface area contributed by atoms with E-state index in [1.165, 1.54) is 51.4 Å². The smallest absolute Gasteiger partial charge is 0.00957 e. The lowest BCUT2D eigenvalue weighted by Gasteiger charge is -2.59. The molecule has 1 heteroatoms. The van der Waals surface area contributed by atoms with Gasteiger partial charge in [-0.15, -0.1) is 0 Å². The average Bonchev–Trinajstić information content (AvgIpc) is 2.74. The molecule has 20 heavy (non-hydrogen) atoms. The maximum Gasteiger partial charge on any atom is 0.00957 e. The molecule has 4 aliphatic rings. The van der Waals surface area contributed by atoms with E-state index in [4.69, 9.17) is 5.73 Å². The third-order valence-corrected chi connectivity index (χ3v) is 8.20. The van der Waals surface area contributed by atoms with Crippen molar-refractivity contribution in [3.63, 3.8) is 0 Å². The van der Waals surface area contributed by atoms with Crippen LogP contribution in [0.4, 0.5) is 0 Å². The lowest BCUT2D eigenvalue weighted by molar-refractivity contribution is -0.0712. The van der Waals surface area contributed by atoms with E-state index >= 15 is 0 Å². The Kier molecular flexibility index (Phi) is 2.91. The van der Waals surface area contributed by atoms with Crippen molar-refractivity contribution in [1.82, 2.24) is 0 Å². The number of rotatable bonds is 0. The highest BCUT2D eigenvalue weighted by Gasteiger charge is 2.58. The molecule has 0 amide bonds. The zero-order valence-corrected chi connectivity index (χ0v) is 13.3. The van der Waals surface area contributed by atoms with Crippen molar-refractivity contribution in [2.45, 2.75) is 71.3 Å². The minimum absolute atomic E-state index is 0.461. The predicted octanol–water partition coefficient (Wildman–Crippen LogP) is 4.52. The second kappa shape index (κ2) is 4.35. The largest absolute Gasteiger partial charge is 0.327 e. The summed E-state index contributed by atoms with van der Waals surface area (Å²) in [5.41, 5.74) is 7.47. The summed E-state index contributed by atoms with van der Waals surface area (Å²) in [6.45, 7) is 5.10.